The summed E-state index contributed by atoms with van der Waals surface area (Å²) < 4.78 is 0. The highest BCUT2D eigenvalue weighted by molar-refractivity contribution is 5.98. The van der Waals surface area contributed by atoms with Gasteiger partial charge in [-0.05, 0) is 47.4 Å². The summed E-state index contributed by atoms with van der Waals surface area (Å²) in [5.41, 5.74) is 10.5. The molecule has 1 aromatic heterocycles. The van der Waals surface area contributed by atoms with Gasteiger partial charge in [0.1, 0.15) is 11.4 Å². The maximum absolute atomic E-state index is 11.7. The third kappa shape index (κ3) is 4.85. The average molecular weight is 580 g/mol. The van der Waals surface area contributed by atoms with E-state index in [4.69, 9.17) is 9.97 Å². The Bertz CT molecular complexity index is 2110. The van der Waals surface area contributed by atoms with E-state index in [0.29, 0.717) is 29.2 Å². The highest BCUT2D eigenvalue weighted by Crippen LogP contribution is 2.48. The molecule has 4 heteroatoms. The van der Waals surface area contributed by atoms with Gasteiger partial charge in [-0.1, -0.05) is 127 Å². The fourth-order valence-corrected chi connectivity index (χ4v) is 6.43. The molecule has 8 rings (SSSR count). The third-order valence-electron chi connectivity index (χ3n) is 8.55. The number of rotatable bonds is 5. The van der Waals surface area contributed by atoms with Gasteiger partial charge in [0.2, 0.25) is 0 Å². The van der Waals surface area contributed by atoms with Crippen LogP contribution in [0.15, 0.2) is 145 Å². The molecule has 4 aromatic carbocycles. The molecule has 1 aliphatic heterocycles. The number of fused-ring (bicyclic) bond motifs is 3. The Hall–Kier alpha value is -5.92. The minimum atomic E-state index is 0.0261. The van der Waals surface area contributed by atoms with Crippen LogP contribution in [-0.2, 0) is 0 Å². The highest BCUT2D eigenvalue weighted by atomic mass is 16.3. The summed E-state index contributed by atoms with van der Waals surface area (Å²) in [5.74, 6) is 7.20. The first kappa shape index (κ1) is 26.7. The van der Waals surface area contributed by atoms with Crippen LogP contribution in [0, 0.1) is 11.8 Å². The second-order valence-corrected chi connectivity index (χ2v) is 11.3. The van der Waals surface area contributed by atoms with E-state index in [1.807, 2.05) is 60.7 Å². The van der Waals surface area contributed by atoms with Gasteiger partial charge in [0.05, 0.1) is 11.6 Å². The van der Waals surface area contributed by atoms with E-state index >= 15 is 0 Å². The monoisotopic (exact) mass is 579 g/mol. The zero-order chi connectivity index (χ0) is 30.2. The van der Waals surface area contributed by atoms with Gasteiger partial charge in [-0.3, -0.25) is 0 Å². The molecule has 0 fully saturated rings. The lowest BCUT2D eigenvalue weighted by Gasteiger charge is -2.30. The van der Waals surface area contributed by atoms with Crippen LogP contribution in [0.2, 0.25) is 0 Å². The Labute approximate surface area is 263 Å². The van der Waals surface area contributed by atoms with Gasteiger partial charge in [0.25, 0.3) is 0 Å². The number of allylic oxidation sites excluding steroid dienone is 5. The fraction of sp³-hybridized carbons (Fsp3) is 0.0732. The zero-order valence-electron chi connectivity index (χ0n) is 24.6. The van der Waals surface area contributed by atoms with Crippen molar-refractivity contribution < 1.29 is 5.11 Å². The second kappa shape index (κ2) is 11.3. The molecule has 5 aromatic rings. The van der Waals surface area contributed by atoms with Crippen molar-refractivity contribution >= 4 is 22.4 Å². The van der Waals surface area contributed by atoms with Crippen LogP contribution in [0.5, 0.6) is 5.75 Å². The van der Waals surface area contributed by atoms with Crippen molar-refractivity contribution in [3.63, 3.8) is 0 Å². The maximum atomic E-state index is 11.7. The van der Waals surface area contributed by atoms with Crippen molar-refractivity contribution in [1.82, 2.24) is 9.97 Å². The van der Waals surface area contributed by atoms with E-state index in [0.717, 1.165) is 23.2 Å². The van der Waals surface area contributed by atoms with Crippen LogP contribution >= 0.6 is 0 Å². The summed E-state index contributed by atoms with van der Waals surface area (Å²) in [6, 6.07) is 39.0. The molecule has 2 heterocycles. The van der Waals surface area contributed by atoms with Gasteiger partial charge < -0.3 is 10.0 Å². The second-order valence-electron chi connectivity index (χ2n) is 11.3. The first-order valence-corrected chi connectivity index (χ1v) is 15.2. The molecule has 0 radical (unpaired) electrons. The van der Waals surface area contributed by atoms with E-state index in [1.165, 1.54) is 28.0 Å². The summed E-state index contributed by atoms with van der Waals surface area (Å²) in [6.45, 7) is 0. The molecule has 0 bridgehead atoms. The Morgan fingerprint density at radius 2 is 1.31 bits per heavy atom. The predicted octanol–water partition coefficient (Wildman–Crippen LogP) is 8.95. The van der Waals surface area contributed by atoms with E-state index < -0.39 is 0 Å². The molecule has 2 aliphatic carbocycles. The maximum Gasteiger partial charge on any atom is 0.169 e. The Morgan fingerprint density at radius 3 is 2.07 bits per heavy atom. The van der Waals surface area contributed by atoms with Crippen LogP contribution in [0.25, 0.3) is 39.4 Å². The smallest absolute Gasteiger partial charge is 0.169 e. The van der Waals surface area contributed by atoms with Crippen molar-refractivity contribution in [3.05, 3.63) is 162 Å². The third-order valence-corrected chi connectivity index (χ3v) is 8.55. The van der Waals surface area contributed by atoms with Gasteiger partial charge in [-0.2, -0.15) is 0 Å². The Balaban J connectivity index is 1.24. The SMILES string of the molecule is Oc1c(C2=CC(N3c4ccccc4C4=CC(c5ccccc5)=CCC43)=CCC#C2)nc(-c2ccccc2)nc1-c1ccccc1. The summed E-state index contributed by atoms with van der Waals surface area (Å²) in [5, 5.41) is 11.7. The standard InChI is InChI=1S/C41H29N3O/c45-40-38(29-16-6-2-7-17-29)42-41(30-18-8-3-9-19-30)43-39(40)32-20-10-11-21-33(26-32)44-36-23-13-12-22-34(36)35-27-31(24-25-37(35)44)28-14-4-1-5-15-28/h1-9,12-19,21-24,26-27,37,45H,11,25H2. The van der Waals surface area contributed by atoms with E-state index in [-0.39, 0.29) is 11.8 Å². The average Bonchev–Trinajstić information content (AvgIpc) is 3.24. The zero-order valence-corrected chi connectivity index (χ0v) is 24.6. The minimum absolute atomic E-state index is 0.0261. The summed E-state index contributed by atoms with van der Waals surface area (Å²) in [6.07, 6.45) is 10.4. The van der Waals surface area contributed by atoms with Crippen molar-refractivity contribution in [1.29, 1.82) is 0 Å². The number of hydrogen-bond donors (Lipinski definition) is 1. The van der Waals surface area contributed by atoms with Crippen LogP contribution in [0.3, 0.4) is 0 Å². The number of para-hydroxylation sites is 1. The molecule has 1 unspecified atom stereocenters. The van der Waals surface area contributed by atoms with E-state index in [2.05, 4.69) is 95.6 Å². The van der Waals surface area contributed by atoms with Crippen LogP contribution in [0.1, 0.15) is 29.7 Å². The topological polar surface area (TPSA) is 49.2 Å². The number of aromatic nitrogens is 2. The molecular formula is C41H29N3O. The van der Waals surface area contributed by atoms with E-state index in [9.17, 15) is 5.11 Å². The Morgan fingerprint density at radius 1 is 0.667 bits per heavy atom. The lowest BCUT2D eigenvalue weighted by Crippen LogP contribution is -2.31. The first-order chi connectivity index (χ1) is 22.2. The molecule has 214 valence electrons. The van der Waals surface area contributed by atoms with Crippen molar-refractivity contribution in [3.8, 4) is 40.2 Å². The molecule has 0 spiro atoms. The summed E-state index contributed by atoms with van der Waals surface area (Å²) in [7, 11) is 0. The summed E-state index contributed by atoms with van der Waals surface area (Å²) >= 11 is 0. The predicted molar refractivity (Wildman–Crippen MR) is 183 cm³/mol. The molecule has 1 N–H and O–H groups in total. The molecule has 0 saturated heterocycles. The van der Waals surface area contributed by atoms with Crippen LogP contribution < -0.4 is 4.90 Å². The molecule has 45 heavy (non-hydrogen) atoms. The largest absolute Gasteiger partial charge is 0.504 e. The summed E-state index contributed by atoms with van der Waals surface area (Å²) in [4.78, 5) is 12.2. The molecule has 0 saturated carbocycles. The number of nitrogens with zero attached hydrogens (tertiary/aromatic N) is 3. The first-order valence-electron chi connectivity index (χ1n) is 15.2. The molecule has 3 aliphatic rings. The number of benzene rings is 4. The molecule has 0 amide bonds. The number of aromatic hydroxyl groups is 1. The quantitative estimate of drug-likeness (QED) is 0.211. The van der Waals surface area contributed by atoms with Gasteiger partial charge in [0, 0.05) is 34.5 Å². The molecular weight excluding hydrogens is 550 g/mol. The number of anilines is 1. The van der Waals surface area contributed by atoms with Crippen molar-refractivity contribution in [2.75, 3.05) is 4.90 Å². The van der Waals surface area contributed by atoms with Gasteiger partial charge in [0.15, 0.2) is 11.6 Å². The van der Waals surface area contributed by atoms with Crippen LogP contribution in [0.4, 0.5) is 5.69 Å². The van der Waals surface area contributed by atoms with E-state index in [1.54, 1.807) is 0 Å². The van der Waals surface area contributed by atoms with Gasteiger partial charge in [-0.25, -0.2) is 9.97 Å². The molecule has 4 nitrogen and oxygen atoms in total. The fourth-order valence-electron chi connectivity index (χ4n) is 6.43. The highest BCUT2D eigenvalue weighted by Gasteiger charge is 2.36. The van der Waals surface area contributed by atoms with Gasteiger partial charge >= 0.3 is 0 Å². The Kier molecular flexibility index (Phi) is 6.70. The number of hydrogen-bond acceptors (Lipinski definition) is 4. The van der Waals surface area contributed by atoms with Crippen molar-refractivity contribution in [2.24, 2.45) is 0 Å². The molecule has 1 atom stereocenters. The normalized spacial score (nSPS) is 16.6. The lowest BCUT2D eigenvalue weighted by atomic mass is 9.89. The minimum Gasteiger partial charge on any atom is -0.504 e. The van der Waals surface area contributed by atoms with Crippen molar-refractivity contribution in [2.45, 2.75) is 18.9 Å². The van der Waals surface area contributed by atoms with Crippen LogP contribution in [-0.4, -0.2) is 21.1 Å². The van der Waals surface area contributed by atoms with Gasteiger partial charge in [-0.15, -0.1) is 0 Å². The lowest BCUT2D eigenvalue weighted by molar-refractivity contribution is 0.470.